The van der Waals surface area contributed by atoms with E-state index in [1.165, 1.54) is 0 Å². The quantitative estimate of drug-likeness (QED) is 0.594. The Bertz CT molecular complexity index is 330. The van der Waals surface area contributed by atoms with E-state index in [4.69, 9.17) is 4.74 Å². The fraction of sp³-hybridized carbons (Fsp3) is 0.944. The normalized spacial score (nSPS) is 14.3. The van der Waals surface area contributed by atoms with Crippen LogP contribution in [-0.4, -0.2) is 11.6 Å². The van der Waals surface area contributed by atoms with Gasteiger partial charge < -0.3 is 4.74 Å². The van der Waals surface area contributed by atoms with E-state index in [0.717, 1.165) is 19.3 Å². The molecule has 0 unspecified atom stereocenters. The second-order valence-electron chi connectivity index (χ2n) is 9.47. The number of hydrogen-bond acceptors (Lipinski definition) is 2. The molecule has 0 rings (SSSR count). The van der Waals surface area contributed by atoms with Crippen LogP contribution in [-0.2, 0) is 9.53 Å². The molecule has 0 fully saturated rings. The summed E-state index contributed by atoms with van der Waals surface area (Å²) in [6.45, 7) is 21.1. The molecule has 0 aliphatic carbocycles. The Morgan fingerprint density at radius 2 is 1.30 bits per heavy atom. The Balaban J connectivity index is 4.82. The van der Waals surface area contributed by atoms with Gasteiger partial charge in [0.05, 0.1) is 5.41 Å². The smallest absolute Gasteiger partial charge is 0.312 e. The highest BCUT2D eigenvalue weighted by Crippen LogP contribution is 2.38. The van der Waals surface area contributed by atoms with Crippen molar-refractivity contribution >= 4 is 5.97 Å². The van der Waals surface area contributed by atoms with Gasteiger partial charge in [-0.25, -0.2) is 0 Å². The summed E-state index contributed by atoms with van der Waals surface area (Å²) < 4.78 is 5.83. The fourth-order valence-electron chi connectivity index (χ4n) is 3.10. The van der Waals surface area contributed by atoms with Gasteiger partial charge in [-0.05, 0) is 51.4 Å². The Morgan fingerprint density at radius 1 is 0.850 bits per heavy atom. The molecule has 2 heteroatoms. The number of carbonyl (C=O) groups is 1. The molecule has 0 radical (unpaired) electrons. The van der Waals surface area contributed by atoms with Gasteiger partial charge in [-0.2, -0.15) is 0 Å². The first-order valence-corrected chi connectivity index (χ1v) is 7.84. The monoisotopic (exact) mass is 284 g/mol. The number of ether oxygens (including phenoxy) is 1. The summed E-state index contributed by atoms with van der Waals surface area (Å²) in [5.41, 5.74) is -0.537. The molecular formula is C18H36O2. The highest BCUT2D eigenvalue weighted by molar-refractivity contribution is 5.76. The molecule has 0 saturated carbocycles. The van der Waals surface area contributed by atoms with E-state index in [1.807, 2.05) is 27.7 Å². The minimum Gasteiger partial charge on any atom is -0.459 e. The summed E-state index contributed by atoms with van der Waals surface area (Å²) in [4.78, 5) is 12.5. The molecule has 0 heterocycles. The number of hydrogen-bond donors (Lipinski definition) is 0. The second kappa shape index (κ2) is 6.07. The van der Waals surface area contributed by atoms with Gasteiger partial charge >= 0.3 is 5.97 Å². The highest BCUT2D eigenvalue weighted by Gasteiger charge is 2.39. The van der Waals surface area contributed by atoms with Crippen LogP contribution in [0.3, 0.4) is 0 Å². The molecule has 0 aliphatic rings. The molecule has 120 valence electrons. The molecule has 0 aromatic rings. The van der Waals surface area contributed by atoms with Crippen LogP contribution in [0.15, 0.2) is 0 Å². The van der Waals surface area contributed by atoms with Crippen LogP contribution in [0.4, 0.5) is 0 Å². The SMILES string of the molecule is CCC(C)(C)CC(C)(C)C(=O)OC(C)(C)CC(C)(C)C. The van der Waals surface area contributed by atoms with Crippen molar-refractivity contribution in [3.8, 4) is 0 Å². The van der Waals surface area contributed by atoms with Gasteiger partial charge in [0.2, 0.25) is 0 Å². The lowest BCUT2D eigenvalue weighted by Crippen LogP contribution is -2.39. The van der Waals surface area contributed by atoms with E-state index < -0.39 is 11.0 Å². The van der Waals surface area contributed by atoms with Crippen LogP contribution in [0.1, 0.15) is 88.5 Å². The zero-order valence-electron chi connectivity index (χ0n) is 15.4. The van der Waals surface area contributed by atoms with E-state index in [0.29, 0.717) is 0 Å². The van der Waals surface area contributed by atoms with Crippen LogP contribution in [0.2, 0.25) is 0 Å². The maximum atomic E-state index is 12.5. The summed E-state index contributed by atoms with van der Waals surface area (Å²) in [6.07, 6.45) is 2.77. The summed E-state index contributed by atoms with van der Waals surface area (Å²) in [5, 5.41) is 0. The molecule has 20 heavy (non-hydrogen) atoms. The molecule has 0 N–H and O–H groups in total. The van der Waals surface area contributed by atoms with E-state index in [1.54, 1.807) is 0 Å². The van der Waals surface area contributed by atoms with Crippen molar-refractivity contribution in [2.24, 2.45) is 16.2 Å². The lowest BCUT2D eigenvalue weighted by atomic mass is 9.73. The summed E-state index contributed by atoms with van der Waals surface area (Å²) in [6, 6.07) is 0. The molecular weight excluding hydrogens is 248 g/mol. The van der Waals surface area contributed by atoms with Gasteiger partial charge in [0.15, 0.2) is 0 Å². The van der Waals surface area contributed by atoms with Gasteiger partial charge in [0.1, 0.15) is 5.60 Å². The van der Waals surface area contributed by atoms with Crippen LogP contribution in [0.5, 0.6) is 0 Å². The van der Waals surface area contributed by atoms with E-state index in [2.05, 4.69) is 41.5 Å². The highest BCUT2D eigenvalue weighted by atomic mass is 16.6. The standard InChI is InChI=1S/C18H36O2/c1-11-16(5,6)13-17(7,8)14(19)20-18(9,10)12-15(2,3)4/h11-13H2,1-10H3. The minimum absolute atomic E-state index is 0.0757. The lowest BCUT2D eigenvalue weighted by molar-refractivity contribution is -0.171. The Labute approximate surface area is 126 Å². The molecule has 0 saturated heterocycles. The third-order valence-electron chi connectivity index (χ3n) is 3.76. The first kappa shape index (κ1) is 19.5. The zero-order chi connectivity index (χ0) is 16.4. The van der Waals surface area contributed by atoms with Gasteiger partial charge in [0, 0.05) is 0 Å². The third kappa shape index (κ3) is 7.31. The van der Waals surface area contributed by atoms with Crippen LogP contribution in [0.25, 0.3) is 0 Å². The first-order chi connectivity index (χ1) is 8.60. The summed E-state index contributed by atoms with van der Waals surface area (Å²) >= 11 is 0. The van der Waals surface area contributed by atoms with Crippen LogP contribution < -0.4 is 0 Å². The number of carbonyl (C=O) groups excluding carboxylic acids is 1. The molecule has 0 spiro atoms. The van der Waals surface area contributed by atoms with Crippen LogP contribution >= 0.6 is 0 Å². The number of esters is 1. The summed E-state index contributed by atoms with van der Waals surface area (Å²) in [7, 11) is 0. The van der Waals surface area contributed by atoms with Gasteiger partial charge in [-0.3, -0.25) is 4.79 Å². The summed E-state index contributed by atoms with van der Waals surface area (Å²) in [5.74, 6) is -0.0757. The van der Waals surface area contributed by atoms with Crippen molar-refractivity contribution in [2.45, 2.75) is 94.1 Å². The second-order valence-corrected chi connectivity index (χ2v) is 9.47. The minimum atomic E-state index is -0.436. The average molecular weight is 284 g/mol. The Hall–Kier alpha value is -0.530. The van der Waals surface area contributed by atoms with Crippen molar-refractivity contribution in [1.82, 2.24) is 0 Å². The number of rotatable bonds is 6. The average Bonchev–Trinajstić information content (AvgIpc) is 2.10. The van der Waals surface area contributed by atoms with Gasteiger partial charge in [-0.1, -0.05) is 48.0 Å². The largest absolute Gasteiger partial charge is 0.459 e. The lowest BCUT2D eigenvalue weighted by Gasteiger charge is -2.37. The van der Waals surface area contributed by atoms with Crippen molar-refractivity contribution < 1.29 is 9.53 Å². The molecule has 0 amide bonds. The zero-order valence-corrected chi connectivity index (χ0v) is 15.4. The molecule has 0 aliphatic heterocycles. The van der Waals surface area contributed by atoms with E-state index in [9.17, 15) is 4.79 Å². The molecule has 0 bridgehead atoms. The Kier molecular flexibility index (Phi) is 5.91. The van der Waals surface area contributed by atoms with Gasteiger partial charge in [0.25, 0.3) is 0 Å². The van der Waals surface area contributed by atoms with Crippen molar-refractivity contribution in [2.75, 3.05) is 0 Å². The molecule has 0 aromatic heterocycles. The maximum Gasteiger partial charge on any atom is 0.312 e. The first-order valence-electron chi connectivity index (χ1n) is 7.84. The van der Waals surface area contributed by atoms with Crippen LogP contribution in [0, 0.1) is 16.2 Å². The predicted octanol–water partition coefficient (Wildman–Crippen LogP) is 5.60. The van der Waals surface area contributed by atoms with Crippen molar-refractivity contribution in [3.63, 3.8) is 0 Å². The van der Waals surface area contributed by atoms with E-state index in [-0.39, 0.29) is 16.8 Å². The Morgan fingerprint density at radius 3 is 1.65 bits per heavy atom. The third-order valence-corrected chi connectivity index (χ3v) is 3.76. The van der Waals surface area contributed by atoms with E-state index >= 15 is 0 Å². The maximum absolute atomic E-state index is 12.5. The van der Waals surface area contributed by atoms with Crippen molar-refractivity contribution in [3.05, 3.63) is 0 Å². The molecule has 2 nitrogen and oxygen atoms in total. The molecule has 0 aromatic carbocycles. The predicted molar refractivity (Wildman–Crippen MR) is 86.7 cm³/mol. The fourth-order valence-corrected chi connectivity index (χ4v) is 3.10. The topological polar surface area (TPSA) is 26.3 Å². The van der Waals surface area contributed by atoms with Gasteiger partial charge in [-0.15, -0.1) is 0 Å². The van der Waals surface area contributed by atoms with Crippen molar-refractivity contribution in [1.29, 1.82) is 0 Å². The molecule has 0 atom stereocenters.